The molecule has 4 heteroatoms. The number of benzene rings is 2. The van der Waals surface area contributed by atoms with Crippen molar-refractivity contribution in [3.63, 3.8) is 0 Å². The largest absolute Gasteiger partial charge is 0.489 e. The van der Waals surface area contributed by atoms with E-state index in [-0.39, 0.29) is 5.56 Å². The van der Waals surface area contributed by atoms with Gasteiger partial charge in [0.1, 0.15) is 11.9 Å². The van der Waals surface area contributed by atoms with Crippen molar-refractivity contribution in [2.24, 2.45) is 5.92 Å². The fourth-order valence-electron chi connectivity index (χ4n) is 2.32. The molecule has 0 spiro atoms. The van der Waals surface area contributed by atoms with Gasteiger partial charge in [0, 0.05) is 11.5 Å². The van der Waals surface area contributed by atoms with E-state index in [1.54, 1.807) is 36.4 Å². The van der Waals surface area contributed by atoms with Gasteiger partial charge in [0.25, 0.3) is 0 Å². The summed E-state index contributed by atoms with van der Waals surface area (Å²) in [4.78, 5) is 0. The second kappa shape index (κ2) is 5.74. The minimum absolute atomic E-state index is 0.250. The number of rotatable bonds is 2. The van der Waals surface area contributed by atoms with Crippen LogP contribution in [0.2, 0.25) is 0 Å². The first-order chi connectivity index (χ1) is 10.1. The third-order valence-corrected chi connectivity index (χ3v) is 3.53. The van der Waals surface area contributed by atoms with Crippen LogP contribution in [0.4, 0.5) is 4.39 Å². The Labute approximate surface area is 122 Å². The summed E-state index contributed by atoms with van der Waals surface area (Å²) in [6.45, 7) is 3.20. The third kappa shape index (κ3) is 2.85. The zero-order valence-electron chi connectivity index (χ0n) is 11.8. The predicted molar refractivity (Wildman–Crippen MR) is 77.1 cm³/mol. The minimum Gasteiger partial charge on any atom is -0.489 e. The SMILES string of the molecule is CC1COc2ccc(C(O)c3ccccc3F)cc2OC1. The van der Waals surface area contributed by atoms with Gasteiger partial charge in [-0.15, -0.1) is 0 Å². The molecule has 0 saturated carbocycles. The average Bonchev–Trinajstić information content (AvgIpc) is 2.69. The Morgan fingerprint density at radius 2 is 1.81 bits per heavy atom. The van der Waals surface area contributed by atoms with E-state index in [1.165, 1.54) is 6.07 Å². The Hall–Kier alpha value is -2.07. The van der Waals surface area contributed by atoms with Crippen LogP contribution in [0.5, 0.6) is 11.5 Å². The molecule has 0 radical (unpaired) electrons. The molecule has 0 saturated heterocycles. The van der Waals surface area contributed by atoms with Crippen molar-refractivity contribution < 1.29 is 19.0 Å². The van der Waals surface area contributed by atoms with Gasteiger partial charge >= 0.3 is 0 Å². The molecule has 0 aliphatic carbocycles. The van der Waals surface area contributed by atoms with E-state index >= 15 is 0 Å². The summed E-state index contributed by atoms with van der Waals surface area (Å²) in [5, 5.41) is 10.4. The van der Waals surface area contributed by atoms with Gasteiger partial charge in [-0.2, -0.15) is 0 Å². The van der Waals surface area contributed by atoms with Crippen LogP contribution in [-0.2, 0) is 0 Å². The lowest BCUT2D eigenvalue weighted by molar-refractivity contribution is 0.213. The molecule has 1 heterocycles. The quantitative estimate of drug-likeness (QED) is 0.921. The molecule has 2 aromatic rings. The summed E-state index contributed by atoms with van der Waals surface area (Å²) in [7, 11) is 0. The normalized spacial score (nSPS) is 18.9. The van der Waals surface area contributed by atoms with Gasteiger partial charge in [0.2, 0.25) is 0 Å². The van der Waals surface area contributed by atoms with Gasteiger partial charge < -0.3 is 14.6 Å². The van der Waals surface area contributed by atoms with E-state index in [0.29, 0.717) is 36.2 Å². The van der Waals surface area contributed by atoms with Crippen LogP contribution in [0.25, 0.3) is 0 Å². The molecule has 0 fully saturated rings. The van der Waals surface area contributed by atoms with E-state index in [2.05, 4.69) is 0 Å². The molecule has 0 aromatic heterocycles. The number of ether oxygens (including phenoxy) is 2. The molecule has 110 valence electrons. The second-order valence-corrected chi connectivity index (χ2v) is 5.36. The molecule has 2 atom stereocenters. The highest BCUT2D eigenvalue weighted by atomic mass is 19.1. The van der Waals surface area contributed by atoms with E-state index in [1.807, 2.05) is 6.92 Å². The summed E-state index contributed by atoms with van der Waals surface area (Å²) >= 11 is 0. The molecule has 2 unspecified atom stereocenters. The summed E-state index contributed by atoms with van der Waals surface area (Å²) in [5.74, 6) is 1.12. The van der Waals surface area contributed by atoms with Crippen molar-refractivity contribution in [3.05, 3.63) is 59.4 Å². The maximum absolute atomic E-state index is 13.8. The molecule has 1 aliphatic heterocycles. The van der Waals surface area contributed by atoms with Gasteiger partial charge in [-0.3, -0.25) is 0 Å². The van der Waals surface area contributed by atoms with E-state index < -0.39 is 11.9 Å². The van der Waals surface area contributed by atoms with Crippen molar-refractivity contribution in [2.45, 2.75) is 13.0 Å². The second-order valence-electron chi connectivity index (χ2n) is 5.36. The number of hydrogen-bond donors (Lipinski definition) is 1. The molecule has 0 amide bonds. The van der Waals surface area contributed by atoms with E-state index in [9.17, 15) is 9.50 Å². The number of fused-ring (bicyclic) bond motifs is 1. The summed E-state index contributed by atoms with van der Waals surface area (Å²) in [6.07, 6.45) is -1.03. The highest BCUT2D eigenvalue weighted by molar-refractivity contribution is 5.45. The maximum atomic E-state index is 13.8. The van der Waals surface area contributed by atoms with Crippen LogP contribution in [0, 0.1) is 11.7 Å². The molecular formula is C17H17FO3. The first kappa shape index (κ1) is 13.9. The first-order valence-electron chi connectivity index (χ1n) is 6.97. The molecule has 1 aliphatic rings. The molecular weight excluding hydrogens is 271 g/mol. The van der Waals surface area contributed by atoms with Crippen molar-refractivity contribution in [3.8, 4) is 11.5 Å². The highest BCUT2D eigenvalue weighted by Crippen LogP contribution is 2.35. The third-order valence-electron chi connectivity index (χ3n) is 3.53. The Morgan fingerprint density at radius 3 is 2.57 bits per heavy atom. The minimum atomic E-state index is -1.03. The zero-order valence-corrected chi connectivity index (χ0v) is 11.8. The van der Waals surface area contributed by atoms with Crippen molar-refractivity contribution in [1.82, 2.24) is 0 Å². The molecule has 0 bridgehead atoms. The molecule has 1 N–H and O–H groups in total. The van der Waals surface area contributed by atoms with Crippen LogP contribution in [0.3, 0.4) is 0 Å². The van der Waals surface area contributed by atoms with Crippen molar-refractivity contribution in [2.75, 3.05) is 13.2 Å². The average molecular weight is 288 g/mol. The smallest absolute Gasteiger partial charge is 0.161 e. The molecule has 3 rings (SSSR count). The van der Waals surface area contributed by atoms with Gasteiger partial charge in [0.15, 0.2) is 11.5 Å². The molecule has 3 nitrogen and oxygen atoms in total. The maximum Gasteiger partial charge on any atom is 0.161 e. The standard InChI is InChI=1S/C17H17FO3/c1-11-9-20-15-7-6-12(8-16(15)21-10-11)17(19)13-4-2-3-5-14(13)18/h2-8,11,17,19H,9-10H2,1H3. The van der Waals surface area contributed by atoms with Crippen LogP contribution >= 0.6 is 0 Å². The molecule has 21 heavy (non-hydrogen) atoms. The van der Waals surface area contributed by atoms with Crippen molar-refractivity contribution in [1.29, 1.82) is 0 Å². The van der Waals surface area contributed by atoms with Gasteiger partial charge in [0.05, 0.1) is 13.2 Å². The monoisotopic (exact) mass is 288 g/mol. The van der Waals surface area contributed by atoms with E-state index in [4.69, 9.17) is 9.47 Å². The number of aliphatic hydroxyl groups is 1. The Morgan fingerprint density at radius 1 is 1.10 bits per heavy atom. The summed E-state index contributed by atoms with van der Waals surface area (Å²) in [5.41, 5.74) is 0.831. The van der Waals surface area contributed by atoms with E-state index in [0.717, 1.165) is 0 Å². The van der Waals surface area contributed by atoms with Crippen molar-refractivity contribution >= 4 is 0 Å². The fourth-order valence-corrected chi connectivity index (χ4v) is 2.32. The lowest BCUT2D eigenvalue weighted by Crippen LogP contribution is -2.12. The van der Waals surface area contributed by atoms with Crippen LogP contribution in [0.15, 0.2) is 42.5 Å². The lowest BCUT2D eigenvalue weighted by Gasteiger charge is -2.15. The van der Waals surface area contributed by atoms with Gasteiger partial charge in [-0.05, 0) is 23.8 Å². The summed E-state index contributed by atoms with van der Waals surface area (Å²) in [6, 6.07) is 11.4. The topological polar surface area (TPSA) is 38.7 Å². The fraction of sp³-hybridized carbons (Fsp3) is 0.294. The molecule has 2 aromatic carbocycles. The number of halogens is 1. The van der Waals surface area contributed by atoms with Gasteiger partial charge in [-0.25, -0.2) is 4.39 Å². The number of hydrogen-bond acceptors (Lipinski definition) is 3. The highest BCUT2D eigenvalue weighted by Gasteiger charge is 2.19. The van der Waals surface area contributed by atoms with Crippen LogP contribution in [-0.4, -0.2) is 18.3 Å². The Bertz CT molecular complexity index is 642. The van der Waals surface area contributed by atoms with Crippen LogP contribution in [0.1, 0.15) is 24.2 Å². The van der Waals surface area contributed by atoms with Gasteiger partial charge in [-0.1, -0.05) is 31.2 Å². The first-order valence-corrected chi connectivity index (χ1v) is 6.97. The Balaban J connectivity index is 1.92. The van der Waals surface area contributed by atoms with Crippen LogP contribution < -0.4 is 9.47 Å². The summed E-state index contributed by atoms with van der Waals surface area (Å²) < 4.78 is 25.1. The zero-order chi connectivity index (χ0) is 14.8. The Kier molecular flexibility index (Phi) is 3.80. The number of aliphatic hydroxyl groups excluding tert-OH is 1. The lowest BCUT2D eigenvalue weighted by atomic mass is 10.0. The predicted octanol–water partition coefficient (Wildman–Crippen LogP) is 3.31.